The molecule has 0 unspecified atom stereocenters. The minimum atomic E-state index is -0.234. The summed E-state index contributed by atoms with van der Waals surface area (Å²) in [4.78, 5) is 15.0. The van der Waals surface area contributed by atoms with E-state index in [0.717, 1.165) is 15.6 Å². The molecule has 0 radical (unpaired) electrons. The molecule has 1 aromatic heterocycles. The molecule has 0 saturated carbocycles. The molecule has 0 atom stereocenters. The van der Waals surface area contributed by atoms with Gasteiger partial charge in [0.25, 0.3) is 5.89 Å². The number of carbonyl (C=O) groups is 1. The first kappa shape index (κ1) is 11.0. The van der Waals surface area contributed by atoms with Gasteiger partial charge in [-0.15, -0.1) is 0 Å². The Labute approximate surface area is 101 Å². The first-order chi connectivity index (χ1) is 7.58. The molecule has 0 N–H and O–H groups in total. The Hall–Kier alpha value is -1.49. The lowest BCUT2D eigenvalue weighted by molar-refractivity contribution is 0.0972. The highest BCUT2D eigenvalue weighted by molar-refractivity contribution is 9.10. The number of halogens is 1. The Morgan fingerprint density at radius 2 is 2.19 bits per heavy atom. The third kappa shape index (κ3) is 2.04. The van der Waals surface area contributed by atoms with Crippen LogP contribution in [0.25, 0.3) is 11.4 Å². The number of ketones is 1. The predicted molar refractivity (Wildman–Crippen MR) is 62.2 cm³/mol. The summed E-state index contributed by atoms with van der Waals surface area (Å²) in [5.74, 6) is 0.210. The molecule has 82 valence electrons. The minimum Gasteiger partial charge on any atom is -0.330 e. The Balaban J connectivity index is 2.46. The molecular formula is C11H9BrN2O2. The summed E-state index contributed by atoms with van der Waals surface area (Å²) in [6.45, 7) is 3.38. The fourth-order valence-corrected chi connectivity index (χ4v) is 1.95. The van der Waals surface area contributed by atoms with Crippen molar-refractivity contribution in [2.24, 2.45) is 0 Å². The van der Waals surface area contributed by atoms with Crippen molar-refractivity contribution < 1.29 is 9.32 Å². The lowest BCUT2D eigenvalue weighted by atomic mass is 10.1. The van der Waals surface area contributed by atoms with Crippen LogP contribution >= 0.6 is 15.9 Å². The van der Waals surface area contributed by atoms with Gasteiger partial charge in [-0.2, -0.15) is 4.98 Å². The number of carbonyl (C=O) groups excluding carboxylic acids is 1. The summed E-state index contributed by atoms with van der Waals surface area (Å²) in [6, 6.07) is 5.79. The van der Waals surface area contributed by atoms with E-state index in [4.69, 9.17) is 4.52 Å². The van der Waals surface area contributed by atoms with Crippen LogP contribution in [0.3, 0.4) is 0 Å². The standard InChI is InChI=1S/C11H9BrN2O2/c1-6-3-4-8(9(12)5-6)10-13-11(7(2)15)16-14-10/h3-5H,1-2H3. The second-order valence-electron chi connectivity index (χ2n) is 3.46. The van der Waals surface area contributed by atoms with Crippen LogP contribution in [0.4, 0.5) is 0 Å². The van der Waals surface area contributed by atoms with Crippen molar-refractivity contribution in [3.05, 3.63) is 34.1 Å². The maximum absolute atomic E-state index is 11.0. The average molecular weight is 281 g/mol. The quantitative estimate of drug-likeness (QED) is 0.794. The van der Waals surface area contributed by atoms with Crippen LogP contribution in [0.15, 0.2) is 27.2 Å². The molecule has 0 amide bonds. The van der Waals surface area contributed by atoms with Gasteiger partial charge < -0.3 is 4.52 Å². The average Bonchev–Trinajstić information content (AvgIpc) is 2.66. The van der Waals surface area contributed by atoms with Crippen molar-refractivity contribution in [3.63, 3.8) is 0 Å². The zero-order chi connectivity index (χ0) is 11.7. The van der Waals surface area contributed by atoms with Crippen molar-refractivity contribution in [2.45, 2.75) is 13.8 Å². The Morgan fingerprint density at radius 3 is 2.75 bits per heavy atom. The molecule has 0 saturated heterocycles. The highest BCUT2D eigenvalue weighted by Gasteiger charge is 2.13. The summed E-state index contributed by atoms with van der Waals surface area (Å²) < 4.78 is 5.71. The monoisotopic (exact) mass is 280 g/mol. The third-order valence-electron chi connectivity index (χ3n) is 2.09. The normalized spacial score (nSPS) is 10.4. The number of rotatable bonds is 2. The first-order valence-electron chi connectivity index (χ1n) is 4.69. The molecular weight excluding hydrogens is 272 g/mol. The van der Waals surface area contributed by atoms with Gasteiger partial charge in [0.05, 0.1) is 0 Å². The molecule has 5 heteroatoms. The maximum Gasteiger partial charge on any atom is 0.294 e. The molecule has 2 rings (SSSR count). The Kier molecular flexibility index (Phi) is 2.87. The number of aryl methyl sites for hydroxylation is 1. The molecule has 0 spiro atoms. The summed E-state index contributed by atoms with van der Waals surface area (Å²) in [7, 11) is 0. The van der Waals surface area contributed by atoms with Gasteiger partial charge in [-0.1, -0.05) is 27.2 Å². The lowest BCUT2D eigenvalue weighted by Gasteiger charge is -1.99. The fraction of sp³-hybridized carbons (Fsp3) is 0.182. The first-order valence-corrected chi connectivity index (χ1v) is 5.48. The fourth-order valence-electron chi connectivity index (χ4n) is 1.28. The van der Waals surface area contributed by atoms with Crippen molar-refractivity contribution in [1.29, 1.82) is 0 Å². The van der Waals surface area contributed by atoms with Crippen LogP contribution in [0.2, 0.25) is 0 Å². The molecule has 4 nitrogen and oxygen atoms in total. The Morgan fingerprint density at radius 1 is 1.44 bits per heavy atom. The van der Waals surface area contributed by atoms with E-state index in [1.54, 1.807) is 0 Å². The van der Waals surface area contributed by atoms with Gasteiger partial charge in [0.15, 0.2) is 0 Å². The molecule has 16 heavy (non-hydrogen) atoms. The molecule has 0 bridgehead atoms. The Bertz CT molecular complexity index is 549. The van der Waals surface area contributed by atoms with Crippen molar-refractivity contribution in [2.75, 3.05) is 0 Å². The number of Topliss-reactive ketones (excluding diaryl/α,β-unsaturated/α-hetero) is 1. The SMILES string of the molecule is CC(=O)c1nc(-c2ccc(C)cc2Br)no1. The second kappa shape index (κ2) is 4.17. The zero-order valence-electron chi connectivity index (χ0n) is 8.82. The van der Waals surface area contributed by atoms with Crippen LogP contribution in [0.5, 0.6) is 0 Å². The van der Waals surface area contributed by atoms with Gasteiger partial charge in [-0.3, -0.25) is 4.79 Å². The predicted octanol–water partition coefficient (Wildman–Crippen LogP) is 3.01. The van der Waals surface area contributed by atoms with Crippen LogP contribution in [0, 0.1) is 6.92 Å². The number of benzene rings is 1. The maximum atomic E-state index is 11.0. The van der Waals surface area contributed by atoms with Gasteiger partial charge in [-0.05, 0) is 24.6 Å². The summed E-state index contributed by atoms with van der Waals surface area (Å²) in [6.07, 6.45) is 0. The molecule has 0 aliphatic heterocycles. The van der Waals surface area contributed by atoms with E-state index in [-0.39, 0.29) is 11.7 Å². The molecule has 0 fully saturated rings. The highest BCUT2D eigenvalue weighted by Crippen LogP contribution is 2.26. The van der Waals surface area contributed by atoms with E-state index in [1.807, 2.05) is 25.1 Å². The van der Waals surface area contributed by atoms with E-state index in [2.05, 4.69) is 26.1 Å². The highest BCUT2D eigenvalue weighted by atomic mass is 79.9. The molecule has 0 aliphatic carbocycles. The number of nitrogens with zero attached hydrogens (tertiary/aromatic N) is 2. The van der Waals surface area contributed by atoms with Crippen LogP contribution in [0.1, 0.15) is 23.2 Å². The third-order valence-corrected chi connectivity index (χ3v) is 2.75. The number of hydrogen-bond acceptors (Lipinski definition) is 4. The van der Waals surface area contributed by atoms with Gasteiger partial charge >= 0.3 is 0 Å². The summed E-state index contributed by atoms with van der Waals surface area (Å²) in [5, 5.41) is 3.76. The summed E-state index contributed by atoms with van der Waals surface area (Å²) >= 11 is 3.42. The second-order valence-corrected chi connectivity index (χ2v) is 4.32. The van der Waals surface area contributed by atoms with Gasteiger partial charge in [0.1, 0.15) is 0 Å². The summed E-state index contributed by atoms with van der Waals surface area (Å²) in [5.41, 5.74) is 1.94. The smallest absolute Gasteiger partial charge is 0.294 e. The number of hydrogen-bond donors (Lipinski definition) is 0. The van der Waals surface area contributed by atoms with Crippen LogP contribution in [-0.4, -0.2) is 15.9 Å². The van der Waals surface area contributed by atoms with Crippen molar-refractivity contribution in [3.8, 4) is 11.4 Å². The van der Waals surface area contributed by atoms with Crippen LogP contribution < -0.4 is 0 Å². The largest absolute Gasteiger partial charge is 0.330 e. The van der Waals surface area contributed by atoms with Gasteiger partial charge in [0, 0.05) is 17.0 Å². The molecule has 1 heterocycles. The van der Waals surface area contributed by atoms with Crippen molar-refractivity contribution in [1.82, 2.24) is 10.1 Å². The van der Waals surface area contributed by atoms with Gasteiger partial charge in [0.2, 0.25) is 11.6 Å². The molecule has 1 aromatic carbocycles. The molecule has 2 aromatic rings. The topological polar surface area (TPSA) is 56.0 Å². The van der Waals surface area contributed by atoms with Gasteiger partial charge in [-0.25, -0.2) is 0 Å². The minimum absolute atomic E-state index is 0.0301. The molecule has 0 aliphatic rings. The van der Waals surface area contributed by atoms with E-state index in [9.17, 15) is 4.79 Å². The van der Waals surface area contributed by atoms with Crippen molar-refractivity contribution >= 4 is 21.7 Å². The van der Waals surface area contributed by atoms with E-state index < -0.39 is 0 Å². The van der Waals surface area contributed by atoms with E-state index >= 15 is 0 Å². The van der Waals surface area contributed by atoms with Crippen LogP contribution in [-0.2, 0) is 0 Å². The number of aromatic nitrogens is 2. The van der Waals surface area contributed by atoms with E-state index in [1.165, 1.54) is 6.92 Å². The lowest BCUT2D eigenvalue weighted by Crippen LogP contribution is -1.91. The zero-order valence-corrected chi connectivity index (χ0v) is 10.4. The van der Waals surface area contributed by atoms with E-state index in [0.29, 0.717) is 5.82 Å².